The van der Waals surface area contributed by atoms with E-state index in [-0.39, 0.29) is 11.8 Å². The maximum absolute atomic E-state index is 13.5. The Morgan fingerprint density at radius 3 is 1.43 bits per heavy atom. The third kappa shape index (κ3) is 8.35. The highest BCUT2D eigenvalue weighted by molar-refractivity contribution is 9.10. The van der Waals surface area contributed by atoms with Crippen molar-refractivity contribution in [2.45, 2.75) is 40.5 Å². The largest absolute Gasteiger partial charge is 0.493 e. The van der Waals surface area contributed by atoms with Crippen LogP contribution < -0.4 is 20.1 Å². The second-order valence-electron chi connectivity index (χ2n) is 11.0. The Bertz CT molecular complexity index is 1450. The van der Waals surface area contributed by atoms with Gasteiger partial charge in [0.15, 0.2) is 0 Å². The maximum atomic E-state index is 13.5. The molecule has 220 valence electrons. The van der Waals surface area contributed by atoms with Gasteiger partial charge < -0.3 is 20.1 Å². The molecule has 0 aliphatic rings. The van der Waals surface area contributed by atoms with E-state index in [1.807, 2.05) is 48.5 Å². The first-order chi connectivity index (χ1) is 20.1. The first-order valence-electron chi connectivity index (χ1n) is 14.1. The number of hydrogen-bond donors (Lipinski definition) is 2. The van der Waals surface area contributed by atoms with E-state index in [1.165, 1.54) is 0 Å². The molecule has 0 radical (unpaired) electrons. The molecule has 0 fully saturated rings. The van der Waals surface area contributed by atoms with Crippen molar-refractivity contribution in [2.75, 3.05) is 23.8 Å². The lowest BCUT2D eigenvalue weighted by molar-refractivity contribution is 0.101. The molecular weight excluding hydrogens is 660 g/mol. The topological polar surface area (TPSA) is 76.7 Å². The van der Waals surface area contributed by atoms with E-state index >= 15 is 0 Å². The number of nitrogens with one attached hydrogen (secondary N) is 2. The average Bonchev–Trinajstić information content (AvgIpc) is 2.94. The van der Waals surface area contributed by atoms with Crippen LogP contribution in [0.4, 0.5) is 11.4 Å². The van der Waals surface area contributed by atoms with Gasteiger partial charge >= 0.3 is 0 Å². The van der Waals surface area contributed by atoms with Gasteiger partial charge in [-0.05, 0) is 73.2 Å². The fourth-order valence-electron chi connectivity index (χ4n) is 4.33. The van der Waals surface area contributed by atoms with Crippen LogP contribution in [0.1, 0.15) is 61.3 Å². The number of benzene rings is 4. The quantitative estimate of drug-likeness (QED) is 0.155. The second kappa shape index (κ2) is 14.7. The molecule has 4 aromatic carbocycles. The van der Waals surface area contributed by atoms with Crippen molar-refractivity contribution in [3.05, 3.63) is 92.9 Å². The summed E-state index contributed by atoms with van der Waals surface area (Å²) in [6.07, 6.45) is 1.78. The fraction of sp³-hybridized carbons (Fsp3) is 0.294. The number of fused-ring (bicyclic) bond motifs is 1. The predicted octanol–water partition coefficient (Wildman–Crippen LogP) is 9.72. The van der Waals surface area contributed by atoms with E-state index in [1.54, 1.807) is 24.3 Å². The molecule has 0 aliphatic carbocycles. The highest BCUT2D eigenvalue weighted by Crippen LogP contribution is 2.32. The molecule has 8 heteroatoms. The van der Waals surface area contributed by atoms with Gasteiger partial charge in [-0.25, -0.2) is 0 Å². The Balaban J connectivity index is 1.58. The molecule has 0 aliphatic heterocycles. The van der Waals surface area contributed by atoms with E-state index in [0.717, 1.165) is 32.6 Å². The summed E-state index contributed by atoms with van der Waals surface area (Å²) >= 11 is 6.95. The zero-order valence-corrected chi connectivity index (χ0v) is 27.5. The highest BCUT2D eigenvalue weighted by Gasteiger charge is 2.18. The van der Waals surface area contributed by atoms with Gasteiger partial charge in [-0.2, -0.15) is 0 Å². The lowest BCUT2D eigenvalue weighted by Crippen LogP contribution is -2.16. The summed E-state index contributed by atoms with van der Waals surface area (Å²) < 4.78 is 13.5. The van der Waals surface area contributed by atoms with Crippen LogP contribution in [0, 0.1) is 11.8 Å². The molecule has 0 spiro atoms. The third-order valence-corrected chi connectivity index (χ3v) is 7.68. The van der Waals surface area contributed by atoms with Gasteiger partial charge in [0.1, 0.15) is 11.5 Å². The number of carbonyl (C=O) groups is 2. The van der Waals surface area contributed by atoms with Crippen LogP contribution in [-0.2, 0) is 0 Å². The standard InChI is InChI=1S/C34H36Br2N2O4/c1-21(2)15-17-41-31-13-11-23(35)19-27(31)33(39)37-29-9-5-8-26-25(29)7-6-10-30(26)38-34(40)28-20-24(36)12-14-32(28)42-18-16-22(3)4/h5-14,19-22H,15-18H2,1-4H3,(H,37,39)(H,38,40). The molecule has 0 heterocycles. The van der Waals surface area contributed by atoms with Crippen molar-refractivity contribution >= 4 is 65.8 Å². The first kappa shape index (κ1) is 31.6. The Labute approximate surface area is 264 Å². The summed E-state index contributed by atoms with van der Waals surface area (Å²) in [5.41, 5.74) is 2.13. The molecule has 0 bridgehead atoms. The maximum Gasteiger partial charge on any atom is 0.259 e. The van der Waals surface area contributed by atoms with Gasteiger partial charge in [-0.15, -0.1) is 0 Å². The van der Waals surface area contributed by atoms with Crippen LogP contribution >= 0.6 is 31.9 Å². The summed E-state index contributed by atoms with van der Waals surface area (Å²) in [6, 6.07) is 22.1. The minimum atomic E-state index is -0.282. The van der Waals surface area contributed by atoms with Crippen molar-refractivity contribution in [2.24, 2.45) is 11.8 Å². The number of hydrogen-bond acceptors (Lipinski definition) is 4. The molecule has 42 heavy (non-hydrogen) atoms. The number of carbonyl (C=O) groups excluding carboxylic acids is 2. The molecule has 6 nitrogen and oxygen atoms in total. The summed E-state index contributed by atoms with van der Waals surface area (Å²) in [7, 11) is 0. The van der Waals surface area contributed by atoms with Crippen molar-refractivity contribution in [1.29, 1.82) is 0 Å². The Kier molecular flexibility index (Phi) is 11.0. The lowest BCUT2D eigenvalue weighted by Gasteiger charge is -2.16. The average molecular weight is 696 g/mol. The predicted molar refractivity (Wildman–Crippen MR) is 178 cm³/mol. The van der Waals surface area contributed by atoms with Gasteiger partial charge in [0.05, 0.1) is 24.3 Å². The van der Waals surface area contributed by atoms with Gasteiger partial charge in [-0.1, -0.05) is 83.8 Å². The minimum absolute atomic E-state index is 0.282. The smallest absolute Gasteiger partial charge is 0.259 e. The van der Waals surface area contributed by atoms with Crippen molar-refractivity contribution in [3.63, 3.8) is 0 Å². The SMILES string of the molecule is CC(C)CCOc1ccc(Br)cc1C(=O)Nc1cccc2c(NC(=O)c3cc(Br)ccc3OCCC(C)C)cccc12. The molecule has 2 amide bonds. The normalized spacial score (nSPS) is 11.1. The van der Waals surface area contributed by atoms with E-state index in [9.17, 15) is 9.59 Å². The van der Waals surface area contributed by atoms with Crippen LogP contribution in [0.15, 0.2) is 81.7 Å². The van der Waals surface area contributed by atoms with E-state index in [0.29, 0.717) is 59.1 Å². The number of anilines is 2. The summed E-state index contributed by atoms with van der Waals surface area (Å²) in [6.45, 7) is 9.59. The molecule has 4 rings (SSSR count). The minimum Gasteiger partial charge on any atom is -0.493 e. The number of halogens is 2. The van der Waals surface area contributed by atoms with Crippen molar-refractivity contribution < 1.29 is 19.1 Å². The summed E-state index contributed by atoms with van der Waals surface area (Å²) in [4.78, 5) is 26.9. The Morgan fingerprint density at radius 1 is 0.643 bits per heavy atom. The van der Waals surface area contributed by atoms with Crippen molar-refractivity contribution in [3.8, 4) is 11.5 Å². The first-order valence-corrected chi connectivity index (χ1v) is 15.7. The van der Waals surface area contributed by atoms with E-state index in [4.69, 9.17) is 9.47 Å². The Morgan fingerprint density at radius 2 is 1.05 bits per heavy atom. The van der Waals surface area contributed by atoms with E-state index < -0.39 is 0 Å². The highest BCUT2D eigenvalue weighted by atomic mass is 79.9. The molecule has 2 N–H and O–H groups in total. The molecule has 4 aromatic rings. The summed E-state index contributed by atoms with van der Waals surface area (Å²) in [5, 5.41) is 7.69. The van der Waals surface area contributed by atoms with E-state index in [2.05, 4.69) is 70.2 Å². The molecular formula is C34H36Br2N2O4. The number of amides is 2. The van der Waals surface area contributed by atoms with Crippen LogP contribution in [0.5, 0.6) is 11.5 Å². The van der Waals surface area contributed by atoms with Crippen LogP contribution in [0.3, 0.4) is 0 Å². The Hall–Kier alpha value is -3.36. The fourth-order valence-corrected chi connectivity index (χ4v) is 5.05. The molecule has 0 aromatic heterocycles. The zero-order chi connectivity index (χ0) is 30.2. The lowest BCUT2D eigenvalue weighted by atomic mass is 10.1. The molecule has 0 saturated carbocycles. The zero-order valence-electron chi connectivity index (χ0n) is 24.3. The van der Waals surface area contributed by atoms with Crippen molar-refractivity contribution in [1.82, 2.24) is 0 Å². The van der Waals surface area contributed by atoms with Crippen LogP contribution in [0.25, 0.3) is 10.8 Å². The van der Waals surface area contributed by atoms with Crippen LogP contribution in [0.2, 0.25) is 0 Å². The number of ether oxygens (including phenoxy) is 2. The van der Waals surface area contributed by atoms with Gasteiger partial charge in [-0.3, -0.25) is 9.59 Å². The monoisotopic (exact) mass is 694 g/mol. The van der Waals surface area contributed by atoms with Gasteiger partial charge in [0.25, 0.3) is 11.8 Å². The third-order valence-electron chi connectivity index (χ3n) is 6.70. The van der Waals surface area contributed by atoms with Gasteiger partial charge in [0, 0.05) is 31.1 Å². The summed E-state index contributed by atoms with van der Waals surface area (Å²) in [5.74, 6) is 1.49. The molecule has 0 saturated heterocycles. The molecule has 0 unspecified atom stereocenters. The van der Waals surface area contributed by atoms with Crippen LogP contribution in [-0.4, -0.2) is 25.0 Å². The second-order valence-corrected chi connectivity index (χ2v) is 12.8. The number of rotatable bonds is 12. The molecule has 0 atom stereocenters. The van der Waals surface area contributed by atoms with Gasteiger partial charge in [0.2, 0.25) is 0 Å².